The number of fused-ring (bicyclic) bond motifs is 3. The zero-order chi connectivity index (χ0) is 29.6. The quantitative estimate of drug-likeness (QED) is 0.331. The van der Waals surface area contributed by atoms with Crippen LogP contribution < -0.4 is 9.47 Å². The third-order valence-electron chi connectivity index (χ3n) is 9.64. The van der Waals surface area contributed by atoms with Gasteiger partial charge < -0.3 is 28.8 Å². The Morgan fingerprint density at radius 2 is 1.64 bits per heavy atom. The largest absolute Gasteiger partial charge is 0.508 e. The second kappa shape index (κ2) is 11.3. The number of morpholine rings is 1. The van der Waals surface area contributed by atoms with Crippen LogP contribution in [0.1, 0.15) is 40.0 Å². The molecule has 0 spiro atoms. The highest BCUT2D eigenvalue weighted by molar-refractivity contribution is 6.02. The number of hydrogen-bond donors (Lipinski definition) is 1. The molecule has 1 saturated heterocycles. The smallest absolute Gasteiger partial charge is 0.255 e. The van der Waals surface area contributed by atoms with Crippen molar-refractivity contribution >= 4 is 5.91 Å². The molecule has 1 amide bonds. The normalized spacial score (nSPS) is 19.5. The topological polar surface area (TPSA) is 76.4 Å². The third-order valence-corrected chi connectivity index (χ3v) is 9.64. The van der Waals surface area contributed by atoms with Gasteiger partial charge in [0.2, 0.25) is 6.79 Å². The van der Waals surface area contributed by atoms with E-state index in [4.69, 9.17) is 14.2 Å². The van der Waals surface area contributed by atoms with Crippen molar-refractivity contribution < 1.29 is 24.1 Å². The van der Waals surface area contributed by atoms with Crippen LogP contribution in [0.5, 0.6) is 17.2 Å². The highest BCUT2D eigenvalue weighted by Crippen LogP contribution is 2.43. The van der Waals surface area contributed by atoms with Crippen molar-refractivity contribution in [2.75, 3.05) is 39.6 Å². The van der Waals surface area contributed by atoms with Gasteiger partial charge in [0, 0.05) is 61.3 Å². The van der Waals surface area contributed by atoms with E-state index in [1.807, 2.05) is 24.3 Å². The molecule has 0 aliphatic carbocycles. The first kappa shape index (κ1) is 27.3. The summed E-state index contributed by atoms with van der Waals surface area (Å²) in [6.45, 7) is 5.64. The molecule has 8 rings (SSSR count). The number of aromatic hydroxyl groups is 1. The molecule has 4 aliphatic rings. The van der Waals surface area contributed by atoms with Crippen LogP contribution in [0, 0.1) is 0 Å². The van der Waals surface area contributed by atoms with Crippen LogP contribution in [-0.4, -0.2) is 71.1 Å². The summed E-state index contributed by atoms with van der Waals surface area (Å²) in [5.41, 5.74) is 8.53. The Morgan fingerprint density at radius 3 is 2.45 bits per heavy atom. The van der Waals surface area contributed by atoms with Crippen molar-refractivity contribution in [3.63, 3.8) is 0 Å². The van der Waals surface area contributed by atoms with Gasteiger partial charge in [-0.1, -0.05) is 36.4 Å². The molecule has 1 atom stereocenters. The monoisotopic (exact) mass is 591 g/mol. The van der Waals surface area contributed by atoms with E-state index in [2.05, 4.69) is 44.7 Å². The van der Waals surface area contributed by atoms with E-state index >= 15 is 0 Å². The third kappa shape index (κ3) is 4.92. The van der Waals surface area contributed by atoms with Crippen molar-refractivity contribution in [1.29, 1.82) is 0 Å². The van der Waals surface area contributed by atoms with Crippen LogP contribution in [0.25, 0.3) is 22.4 Å². The van der Waals surface area contributed by atoms with Gasteiger partial charge in [-0.15, -0.1) is 0 Å². The molecule has 0 radical (unpaired) electrons. The Bertz CT molecular complexity index is 1710. The van der Waals surface area contributed by atoms with Gasteiger partial charge in [0.15, 0.2) is 11.5 Å². The molecule has 1 N–H and O–H groups in total. The summed E-state index contributed by atoms with van der Waals surface area (Å²) in [7, 11) is 0. The summed E-state index contributed by atoms with van der Waals surface area (Å²) in [4.78, 5) is 19.4. The lowest BCUT2D eigenvalue weighted by Gasteiger charge is -2.40. The first-order valence-electron chi connectivity index (χ1n) is 15.8. The van der Waals surface area contributed by atoms with Crippen LogP contribution in [0.3, 0.4) is 0 Å². The molecule has 0 saturated carbocycles. The number of nitrogens with zero attached hydrogens (tertiary/aromatic N) is 3. The van der Waals surface area contributed by atoms with E-state index < -0.39 is 0 Å². The Morgan fingerprint density at radius 1 is 0.864 bits per heavy atom. The molecule has 0 unspecified atom stereocenters. The fraction of sp³-hybridized carbons (Fsp3) is 0.361. The predicted octanol–water partition coefficient (Wildman–Crippen LogP) is 5.49. The van der Waals surface area contributed by atoms with Crippen molar-refractivity contribution in [3.05, 3.63) is 89.1 Å². The van der Waals surface area contributed by atoms with Crippen LogP contribution in [0.2, 0.25) is 0 Å². The molecule has 5 heterocycles. The molecule has 8 nitrogen and oxygen atoms in total. The first-order valence-corrected chi connectivity index (χ1v) is 15.8. The van der Waals surface area contributed by atoms with Gasteiger partial charge in [0.25, 0.3) is 5.91 Å². The molecular weight excluding hydrogens is 554 g/mol. The number of phenols is 1. The maximum Gasteiger partial charge on any atom is 0.255 e. The van der Waals surface area contributed by atoms with Gasteiger partial charge in [-0.05, 0) is 72.7 Å². The first-order chi connectivity index (χ1) is 21.6. The molecular formula is C36H37N3O5. The van der Waals surface area contributed by atoms with Gasteiger partial charge in [-0.25, -0.2) is 0 Å². The number of amides is 1. The number of ether oxygens (including phenoxy) is 3. The molecule has 0 bridgehead atoms. The van der Waals surface area contributed by atoms with Crippen LogP contribution in [0.4, 0.5) is 0 Å². The Kier molecular flexibility index (Phi) is 7.03. The average Bonchev–Trinajstić information content (AvgIpc) is 3.69. The number of carbonyl (C=O) groups is 1. The molecule has 226 valence electrons. The molecule has 3 aromatic carbocycles. The maximum absolute atomic E-state index is 14.9. The summed E-state index contributed by atoms with van der Waals surface area (Å²) in [5, 5.41) is 9.94. The number of aromatic nitrogens is 1. The van der Waals surface area contributed by atoms with E-state index in [1.54, 1.807) is 12.1 Å². The van der Waals surface area contributed by atoms with Gasteiger partial charge in [0.05, 0.1) is 18.8 Å². The highest BCUT2D eigenvalue weighted by atomic mass is 16.7. The molecule has 44 heavy (non-hydrogen) atoms. The second-order valence-corrected chi connectivity index (χ2v) is 12.3. The fourth-order valence-electron chi connectivity index (χ4n) is 7.35. The molecule has 4 aromatic rings. The number of rotatable bonds is 5. The second-order valence-electron chi connectivity index (χ2n) is 12.3. The van der Waals surface area contributed by atoms with Gasteiger partial charge in [-0.2, -0.15) is 0 Å². The Labute approximate surface area is 257 Å². The number of hydrogen-bond acceptors (Lipinski definition) is 6. The van der Waals surface area contributed by atoms with Crippen LogP contribution >= 0.6 is 0 Å². The predicted molar refractivity (Wildman–Crippen MR) is 167 cm³/mol. The molecule has 4 aliphatic heterocycles. The van der Waals surface area contributed by atoms with E-state index in [0.717, 1.165) is 87.5 Å². The summed E-state index contributed by atoms with van der Waals surface area (Å²) in [6.07, 6.45) is 4.00. The maximum atomic E-state index is 14.9. The van der Waals surface area contributed by atoms with Crippen molar-refractivity contribution in [1.82, 2.24) is 14.4 Å². The number of benzene rings is 3. The summed E-state index contributed by atoms with van der Waals surface area (Å²) < 4.78 is 19.7. The summed E-state index contributed by atoms with van der Waals surface area (Å²) >= 11 is 0. The minimum Gasteiger partial charge on any atom is -0.508 e. The standard InChI is InChI=1S/C36H37N3O5/c40-28-10-8-24(9-11-28)29-18-33(38-12-4-3-7-32(29)38)30-19-34-35(44-23-43-34)20-31(30)36(41)39-21-26-6-2-1-5-25(26)17-27(39)22-37-13-15-42-16-14-37/h1-2,5-6,8-11,18-20,27,40H,3-4,7,12-17,21-23H2/t27-/m0/s1. The molecule has 1 fully saturated rings. The molecule has 8 heteroatoms. The summed E-state index contributed by atoms with van der Waals surface area (Å²) in [6, 6.07) is 22.1. The van der Waals surface area contributed by atoms with Gasteiger partial charge in [-0.3, -0.25) is 9.69 Å². The van der Waals surface area contributed by atoms with Crippen molar-refractivity contribution in [2.45, 2.75) is 44.8 Å². The zero-order valence-electron chi connectivity index (χ0n) is 24.8. The van der Waals surface area contributed by atoms with E-state index in [1.165, 1.54) is 16.8 Å². The van der Waals surface area contributed by atoms with Crippen LogP contribution in [0.15, 0.2) is 66.7 Å². The lowest BCUT2D eigenvalue weighted by molar-refractivity contribution is 0.0193. The average molecular weight is 592 g/mol. The summed E-state index contributed by atoms with van der Waals surface area (Å²) in [5.74, 6) is 1.55. The lowest BCUT2D eigenvalue weighted by atomic mass is 9.92. The molecule has 1 aromatic heterocycles. The SMILES string of the molecule is O=C(c1cc2c(cc1-c1cc(-c3ccc(O)cc3)c3n1CCCC3)OCO2)N1Cc2ccccc2C[C@H]1CN1CCOCC1. The van der Waals surface area contributed by atoms with E-state index in [0.29, 0.717) is 23.6 Å². The van der Waals surface area contributed by atoms with Crippen molar-refractivity contribution in [2.24, 2.45) is 0 Å². The Balaban J connectivity index is 1.23. The minimum atomic E-state index is 0.0172. The Hall–Kier alpha value is -4.27. The minimum absolute atomic E-state index is 0.0172. The number of carbonyl (C=O) groups excluding carboxylic acids is 1. The van der Waals surface area contributed by atoms with Gasteiger partial charge >= 0.3 is 0 Å². The van der Waals surface area contributed by atoms with Crippen molar-refractivity contribution in [3.8, 4) is 39.6 Å². The van der Waals surface area contributed by atoms with E-state index in [9.17, 15) is 9.90 Å². The van der Waals surface area contributed by atoms with E-state index in [-0.39, 0.29) is 24.5 Å². The lowest BCUT2D eigenvalue weighted by Crippen LogP contribution is -2.52. The van der Waals surface area contributed by atoms with Gasteiger partial charge in [0.1, 0.15) is 5.75 Å². The highest BCUT2D eigenvalue weighted by Gasteiger charge is 2.35. The fourth-order valence-corrected chi connectivity index (χ4v) is 7.35. The van der Waals surface area contributed by atoms with Crippen LogP contribution in [-0.2, 0) is 30.7 Å². The number of phenolic OH excluding ortho intramolecular Hbond substituents is 1. The zero-order valence-corrected chi connectivity index (χ0v) is 24.8.